The van der Waals surface area contributed by atoms with Gasteiger partial charge in [0.1, 0.15) is 38.1 Å². The molecule has 0 amide bonds. The molecule has 0 saturated carbocycles. The van der Waals surface area contributed by atoms with Crippen molar-refractivity contribution in [3.05, 3.63) is 17.7 Å². The third-order valence-corrected chi connectivity index (χ3v) is 3.65. The molecular formula is C11H13F7O2S. The highest BCUT2D eigenvalue weighted by Gasteiger charge is 2.68. The number of halogens is 7. The summed E-state index contributed by atoms with van der Waals surface area (Å²) < 4.78 is 98.5. The summed E-state index contributed by atoms with van der Waals surface area (Å²) in [6, 6.07) is 1.54. The molecule has 0 aliphatic carbocycles. The molecule has 1 rings (SSSR count). The van der Waals surface area contributed by atoms with E-state index in [0.717, 1.165) is 13.0 Å². The van der Waals surface area contributed by atoms with E-state index >= 15 is 0 Å². The van der Waals surface area contributed by atoms with Crippen LogP contribution < -0.4 is 9.47 Å². The van der Waals surface area contributed by atoms with Gasteiger partial charge in [-0.2, -0.15) is 0 Å². The van der Waals surface area contributed by atoms with Crippen molar-refractivity contribution in [3.8, 4) is 11.5 Å². The molecule has 0 heterocycles. The van der Waals surface area contributed by atoms with Crippen LogP contribution >= 0.6 is 10.2 Å². The maximum absolute atomic E-state index is 13.1. The molecule has 0 N–H and O–H groups in total. The maximum Gasteiger partial charge on any atom is 0.314 e. The first kappa shape index (κ1) is 17.7. The van der Waals surface area contributed by atoms with Crippen LogP contribution in [0.4, 0.5) is 28.2 Å². The van der Waals surface area contributed by atoms with Gasteiger partial charge in [0, 0.05) is 5.56 Å². The molecule has 0 saturated heterocycles. The first-order chi connectivity index (χ1) is 9.40. The lowest BCUT2D eigenvalue weighted by Gasteiger charge is -2.42. The van der Waals surface area contributed by atoms with E-state index in [1.54, 1.807) is 0 Å². The van der Waals surface area contributed by atoms with Crippen LogP contribution in [0, 0.1) is 6.92 Å². The summed E-state index contributed by atoms with van der Waals surface area (Å²) in [5.74, 6) is -1.72. The van der Waals surface area contributed by atoms with Gasteiger partial charge in [0.2, 0.25) is 0 Å². The summed E-state index contributed by atoms with van der Waals surface area (Å²) >= 11 is 0. The standard InChI is InChI=1S/C11H13F7O2S/c1-8-9(19-6-4-12)2-3-10(20-7-5-13)11(8)21(14,15,16,17)18/h2-3H,4-7H2,1H3. The lowest BCUT2D eigenvalue weighted by molar-refractivity contribution is 0.254. The second kappa shape index (κ2) is 5.15. The summed E-state index contributed by atoms with van der Waals surface area (Å²) in [5, 5.41) is 0. The van der Waals surface area contributed by atoms with Gasteiger partial charge in [0.05, 0.1) is 0 Å². The van der Waals surface area contributed by atoms with Crippen molar-refractivity contribution < 1.29 is 37.7 Å². The Balaban J connectivity index is 3.47. The van der Waals surface area contributed by atoms with Gasteiger partial charge in [-0.05, 0) is 19.1 Å². The highest BCUT2D eigenvalue weighted by molar-refractivity contribution is 8.45. The predicted molar refractivity (Wildman–Crippen MR) is 65.5 cm³/mol. The van der Waals surface area contributed by atoms with Crippen molar-refractivity contribution in [2.45, 2.75) is 11.8 Å². The third kappa shape index (κ3) is 4.58. The number of alkyl halides is 2. The maximum atomic E-state index is 13.1. The molecule has 0 unspecified atom stereocenters. The van der Waals surface area contributed by atoms with E-state index in [1.165, 1.54) is 0 Å². The summed E-state index contributed by atoms with van der Waals surface area (Å²) in [7, 11) is -10.1. The summed E-state index contributed by atoms with van der Waals surface area (Å²) in [6.07, 6.45) is 0. The van der Waals surface area contributed by atoms with Crippen LogP contribution in [0.5, 0.6) is 11.5 Å². The fourth-order valence-corrected chi connectivity index (χ4v) is 2.88. The predicted octanol–water partition coefficient (Wildman–Crippen LogP) is 5.35. The van der Waals surface area contributed by atoms with Gasteiger partial charge in [-0.25, -0.2) is 8.78 Å². The molecule has 0 aromatic heterocycles. The molecule has 0 aliphatic rings. The minimum atomic E-state index is -10.1. The van der Waals surface area contributed by atoms with E-state index < -0.39 is 58.7 Å². The quantitative estimate of drug-likeness (QED) is 0.622. The Morgan fingerprint density at radius 3 is 1.71 bits per heavy atom. The number of hydrogen-bond donors (Lipinski definition) is 0. The minimum absolute atomic E-state index is 0.538. The molecule has 0 spiro atoms. The third-order valence-electron chi connectivity index (χ3n) is 2.38. The Hall–Kier alpha value is -1.32. The van der Waals surface area contributed by atoms with E-state index in [-0.39, 0.29) is 0 Å². The van der Waals surface area contributed by atoms with Crippen molar-refractivity contribution in [2.24, 2.45) is 0 Å². The lowest BCUT2D eigenvalue weighted by atomic mass is 10.2. The fourth-order valence-electron chi connectivity index (χ4n) is 1.70. The first-order valence-corrected chi connectivity index (χ1v) is 7.61. The van der Waals surface area contributed by atoms with E-state index in [2.05, 4.69) is 9.47 Å². The topological polar surface area (TPSA) is 18.5 Å². The second-order valence-corrected chi connectivity index (χ2v) is 6.41. The monoisotopic (exact) mass is 342 g/mol. The minimum Gasteiger partial charge on any atom is -0.491 e. The zero-order valence-corrected chi connectivity index (χ0v) is 11.7. The first-order valence-electron chi connectivity index (χ1n) is 5.66. The molecule has 0 bridgehead atoms. The summed E-state index contributed by atoms with van der Waals surface area (Å²) in [5.41, 5.74) is -0.932. The lowest BCUT2D eigenvalue weighted by Crippen LogP contribution is -2.13. The van der Waals surface area contributed by atoms with Gasteiger partial charge in [-0.15, -0.1) is 0 Å². The molecule has 124 valence electrons. The van der Waals surface area contributed by atoms with Crippen LogP contribution in [0.15, 0.2) is 17.0 Å². The van der Waals surface area contributed by atoms with Gasteiger partial charge >= 0.3 is 10.2 Å². The molecule has 10 heteroatoms. The molecule has 0 aliphatic heterocycles. The number of hydrogen-bond acceptors (Lipinski definition) is 2. The highest BCUT2D eigenvalue weighted by Crippen LogP contribution is 3.03. The van der Waals surface area contributed by atoms with E-state index in [1.807, 2.05) is 0 Å². The van der Waals surface area contributed by atoms with Crippen LogP contribution in [0.2, 0.25) is 0 Å². The second-order valence-electron chi connectivity index (χ2n) is 4.06. The molecule has 1 aromatic carbocycles. The number of ether oxygens (including phenoxy) is 2. The SMILES string of the molecule is Cc1c(OCCF)ccc(OCCF)c1S(F)(F)(F)(F)F. The normalized spacial score (nSPS) is 15.2. The van der Waals surface area contributed by atoms with Gasteiger partial charge < -0.3 is 9.47 Å². The van der Waals surface area contributed by atoms with Crippen LogP contribution in [0.1, 0.15) is 5.56 Å². The Morgan fingerprint density at radius 1 is 0.857 bits per heavy atom. The number of benzene rings is 1. The van der Waals surface area contributed by atoms with Gasteiger partial charge in [0.25, 0.3) is 0 Å². The molecule has 2 nitrogen and oxygen atoms in total. The fraction of sp³-hybridized carbons (Fsp3) is 0.455. The van der Waals surface area contributed by atoms with Crippen LogP contribution in [-0.4, -0.2) is 26.6 Å². The number of rotatable bonds is 7. The average Bonchev–Trinajstić information content (AvgIpc) is 2.31. The molecule has 21 heavy (non-hydrogen) atoms. The van der Waals surface area contributed by atoms with Crippen molar-refractivity contribution >= 4 is 10.2 Å². The molecule has 0 fully saturated rings. The Labute approximate surface area is 116 Å². The Bertz CT molecular complexity index is 515. The van der Waals surface area contributed by atoms with Crippen molar-refractivity contribution in [1.82, 2.24) is 0 Å². The highest BCUT2D eigenvalue weighted by atomic mass is 32.5. The van der Waals surface area contributed by atoms with E-state index in [4.69, 9.17) is 0 Å². The Morgan fingerprint density at radius 2 is 1.29 bits per heavy atom. The molecule has 0 atom stereocenters. The zero-order valence-electron chi connectivity index (χ0n) is 10.9. The summed E-state index contributed by atoms with van der Waals surface area (Å²) in [6.45, 7) is -2.76. The van der Waals surface area contributed by atoms with Crippen molar-refractivity contribution in [1.29, 1.82) is 0 Å². The van der Waals surface area contributed by atoms with E-state index in [9.17, 15) is 28.2 Å². The summed E-state index contributed by atoms with van der Waals surface area (Å²) in [4.78, 5) is -2.28. The van der Waals surface area contributed by atoms with Crippen LogP contribution in [-0.2, 0) is 0 Å². The largest absolute Gasteiger partial charge is 0.491 e. The van der Waals surface area contributed by atoms with Gasteiger partial charge in [0.15, 0.2) is 4.90 Å². The smallest absolute Gasteiger partial charge is 0.314 e. The average molecular weight is 342 g/mol. The van der Waals surface area contributed by atoms with Crippen LogP contribution in [0.25, 0.3) is 0 Å². The molecule has 0 radical (unpaired) electrons. The van der Waals surface area contributed by atoms with Crippen molar-refractivity contribution in [3.63, 3.8) is 0 Å². The van der Waals surface area contributed by atoms with Gasteiger partial charge in [-0.1, -0.05) is 19.4 Å². The molecule has 1 aromatic rings. The van der Waals surface area contributed by atoms with Crippen molar-refractivity contribution in [2.75, 3.05) is 26.6 Å². The zero-order chi connectivity index (χ0) is 16.4. The Kier molecular flexibility index (Phi) is 4.35. The van der Waals surface area contributed by atoms with Crippen LogP contribution in [0.3, 0.4) is 0 Å². The van der Waals surface area contributed by atoms with Gasteiger partial charge in [-0.3, -0.25) is 0 Å². The van der Waals surface area contributed by atoms with E-state index in [0.29, 0.717) is 6.07 Å². The molecular weight excluding hydrogens is 329 g/mol.